The molecule has 94 valence electrons. The predicted octanol–water partition coefficient (Wildman–Crippen LogP) is 3.77. The molecule has 2 rings (SSSR count). The second-order valence-corrected chi connectivity index (χ2v) is 4.91. The van der Waals surface area contributed by atoms with Crippen molar-refractivity contribution in [1.82, 2.24) is 0 Å². The second kappa shape index (κ2) is 6.17. The van der Waals surface area contributed by atoms with Crippen molar-refractivity contribution in [3.63, 3.8) is 0 Å². The van der Waals surface area contributed by atoms with E-state index in [2.05, 4.69) is 27.3 Å². The third-order valence-electron chi connectivity index (χ3n) is 2.57. The zero-order valence-corrected chi connectivity index (χ0v) is 11.6. The number of hydrogen-bond acceptors (Lipinski definition) is 2. The first-order valence-electron chi connectivity index (χ1n) is 5.72. The Labute approximate surface area is 120 Å². The van der Waals surface area contributed by atoms with E-state index >= 15 is 0 Å². The molecule has 0 atom stereocenters. The van der Waals surface area contributed by atoms with Gasteiger partial charge in [-0.05, 0) is 42.0 Å². The Morgan fingerprint density at radius 1 is 1.21 bits per heavy atom. The SMILES string of the molecule is N#CCc1cccc(C(=O)Nc2ccc(Br)cc2)c1. The van der Waals surface area contributed by atoms with Gasteiger partial charge in [-0.25, -0.2) is 0 Å². The molecule has 0 unspecified atom stereocenters. The van der Waals surface area contributed by atoms with Gasteiger partial charge in [0.2, 0.25) is 0 Å². The Bertz CT molecular complexity index is 629. The van der Waals surface area contributed by atoms with E-state index in [0.717, 1.165) is 15.7 Å². The van der Waals surface area contributed by atoms with Crippen LogP contribution in [0.25, 0.3) is 0 Å². The van der Waals surface area contributed by atoms with Crippen LogP contribution in [0.2, 0.25) is 0 Å². The van der Waals surface area contributed by atoms with Crippen molar-refractivity contribution in [2.45, 2.75) is 6.42 Å². The topological polar surface area (TPSA) is 52.9 Å². The van der Waals surface area contributed by atoms with Gasteiger partial charge >= 0.3 is 0 Å². The lowest BCUT2D eigenvalue weighted by atomic mass is 10.1. The number of anilines is 1. The Morgan fingerprint density at radius 3 is 2.63 bits per heavy atom. The summed E-state index contributed by atoms with van der Waals surface area (Å²) in [6.45, 7) is 0. The number of rotatable bonds is 3. The molecule has 2 aromatic rings. The quantitative estimate of drug-likeness (QED) is 0.937. The molecule has 0 spiro atoms. The van der Waals surface area contributed by atoms with Crippen LogP contribution < -0.4 is 5.32 Å². The van der Waals surface area contributed by atoms with Crippen LogP contribution in [0, 0.1) is 11.3 Å². The molecule has 0 bridgehead atoms. The maximum atomic E-state index is 12.0. The van der Waals surface area contributed by atoms with E-state index in [-0.39, 0.29) is 5.91 Å². The van der Waals surface area contributed by atoms with Gasteiger partial charge in [0.1, 0.15) is 0 Å². The number of hydrogen-bond donors (Lipinski definition) is 1. The zero-order valence-electron chi connectivity index (χ0n) is 10.1. The van der Waals surface area contributed by atoms with Gasteiger partial charge in [-0.15, -0.1) is 0 Å². The molecule has 1 amide bonds. The van der Waals surface area contributed by atoms with Crippen LogP contribution in [-0.2, 0) is 6.42 Å². The molecule has 4 heteroatoms. The van der Waals surface area contributed by atoms with Crippen LogP contribution in [0.15, 0.2) is 53.0 Å². The minimum absolute atomic E-state index is 0.179. The lowest BCUT2D eigenvalue weighted by Gasteiger charge is -2.06. The van der Waals surface area contributed by atoms with Gasteiger partial charge in [-0.2, -0.15) is 5.26 Å². The van der Waals surface area contributed by atoms with Crippen molar-refractivity contribution >= 4 is 27.5 Å². The van der Waals surface area contributed by atoms with Crippen LogP contribution in [0.5, 0.6) is 0 Å². The van der Waals surface area contributed by atoms with Gasteiger partial charge in [0.05, 0.1) is 12.5 Å². The van der Waals surface area contributed by atoms with E-state index in [4.69, 9.17) is 5.26 Å². The standard InChI is InChI=1S/C15H11BrN2O/c16-13-4-6-14(7-5-13)18-15(19)12-3-1-2-11(10-12)8-9-17/h1-7,10H,8H2,(H,18,19). The molecule has 0 fully saturated rings. The van der Waals surface area contributed by atoms with Crippen LogP contribution in [-0.4, -0.2) is 5.91 Å². The van der Waals surface area contributed by atoms with E-state index in [1.807, 2.05) is 30.3 Å². The van der Waals surface area contributed by atoms with Gasteiger partial charge in [0.15, 0.2) is 0 Å². The molecular formula is C15H11BrN2O. The van der Waals surface area contributed by atoms with Crippen LogP contribution in [0.4, 0.5) is 5.69 Å². The minimum atomic E-state index is -0.179. The van der Waals surface area contributed by atoms with Gasteiger partial charge < -0.3 is 5.32 Å². The van der Waals surface area contributed by atoms with Crippen molar-refractivity contribution < 1.29 is 4.79 Å². The van der Waals surface area contributed by atoms with Crippen molar-refractivity contribution in [2.24, 2.45) is 0 Å². The summed E-state index contributed by atoms with van der Waals surface area (Å²) in [5.74, 6) is -0.179. The summed E-state index contributed by atoms with van der Waals surface area (Å²) in [5, 5.41) is 11.5. The Hall–Kier alpha value is -2.12. The number of nitriles is 1. The van der Waals surface area contributed by atoms with E-state index < -0.39 is 0 Å². The molecule has 19 heavy (non-hydrogen) atoms. The highest BCUT2D eigenvalue weighted by atomic mass is 79.9. The number of nitrogens with zero attached hydrogens (tertiary/aromatic N) is 1. The lowest BCUT2D eigenvalue weighted by Crippen LogP contribution is -2.11. The number of amides is 1. The molecule has 0 radical (unpaired) electrons. The summed E-state index contributed by atoms with van der Waals surface area (Å²) in [6, 6.07) is 16.5. The smallest absolute Gasteiger partial charge is 0.255 e. The molecular weight excluding hydrogens is 304 g/mol. The largest absolute Gasteiger partial charge is 0.322 e. The van der Waals surface area contributed by atoms with E-state index in [1.165, 1.54) is 0 Å². The van der Waals surface area contributed by atoms with Crippen molar-refractivity contribution in [2.75, 3.05) is 5.32 Å². The predicted molar refractivity (Wildman–Crippen MR) is 77.9 cm³/mol. The molecule has 0 saturated carbocycles. The fraction of sp³-hybridized carbons (Fsp3) is 0.0667. The highest BCUT2D eigenvalue weighted by Crippen LogP contribution is 2.15. The van der Waals surface area contributed by atoms with Gasteiger partial charge in [-0.3, -0.25) is 4.79 Å². The molecule has 0 aromatic heterocycles. The van der Waals surface area contributed by atoms with Gasteiger partial charge in [-0.1, -0.05) is 28.1 Å². The Morgan fingerprint density at radius 2 is 1.95 bits per heavy atom. The van der Waals surface area contributed by atoms with Crippen LogP contribution in [0.1, 0.15) is 15.9 Å². The number of carbonyl (C=O) groups is 1. The number of halogens is 1. The molecule has 0 aliphatic carbocycles. The van der Waals surface area contributed by atoms with E-state index in [9.17, 15) is 4.79 Å². The zero-order chi connectivity index (χ0) is 13.7. The summed E-state index contributed by atoms with van der Waals surface area (Å²) < 4.78 is 0.960. The third kappa shape index (κ3) is 3.67. The monoisotopic (exact) mass is 314 g/mol. The summed E-state index contributed by atoms with van der Waals surface area (Å²) in [5.41, 5.74) is 2.13. The fourth-order valence-electron chi connectivity index (χ4n) is 1.65. The molecule has 1 N–H and O–H groups in total. The highest BCUT2D eigenvalue weighted by Gasteiger charge is 2.06. The van der Waals surface area contributed by atoms with E-state index in [0.29, 0.717) is 12.0 Å². The Balaban J connectivity index is 2.13. The molecule has 2 aromatic carbocycles. The summed E-state index contributed by atoms with van der Waals surface area (Å²) >= 11 is 3.34. The van der Waals surface area contributed by atoms with Crippen molar-refractivity contribution in [1.29, 1.82) is 5.26 Å². The second-order valence-electron chi connectivity index (χ2n) is 4.00. The number of nitrogens with one attached hydrogen (secondary N) is 1. The molecule has 0 saturated heterocycles. The molecule has 3 nitrogen and oxygen atoms in total. The average molecular weight is 315 g/mol. The highest BCUT2D eigenvalue weighted by molar-refractivity contribution is 9.10. The van der Waals surface area contributed by atoms with Gasteiger partial charge in [0, 0.05) is 15.7 Å². The molecule has 0 aliphatic heterocycles. The first-order chi connectivity index (χ1) is 9.19. The summed E-state index contributed by atoms with van der Waals surface area (Å²) in [7, 11) is 0. The maximum Gasteiger partial charge on any atom is 0.255 e. The minimum Gasteiger partial charge on any atom is -0.322 e. The maximum absolute atomic E-state index is 12.0. The number of benzene rings is 2. The van der Waals surface area contributed by atoms with Crippen LogP contribution in [0.3, 0.4) is 0 Å². The average Bonchev–Trinajstić information content (AvgIpc) is 2.42. The normalized spacial score (nSPS) is 9.68. The van der Waals surface area contributed by atoms with Gasteiger partial charge in [0.25, 0.3) is 5.91 Å². The first kappa shape index (κ1) is 13.3. The summed E-state index contributed by atoms with van der Waals surface area (Å²) in [6.07, 6.45) is 0.305. The van der Waals surface area contributed by atoms with Crippen molar-refractivity contribution in [3.8, 4) is 6.07 Å². The lowest BCUT2D eigenvalue weighted by molar-refractivity contribution is 0.102. The fourth-order valence-corrected chi connectivity index (χ4v) is 1.91. The van der Waals surface area contributed by atoms with Crippen molar-refractivity contribution in [3.05, 3.63) is 64.1 Å². The third-order valence-corrected chi connectivity index (χ3v) is 3.10. The number of carbonyl (C=O) groups excluding carboxylic acids is 1. The first-order valence-corrected chi connectivity index (χ1v) is 6.51. The molecule has 0 aliphatic rings. The van der Waals surface area contributed by atoms with Crippen LogP contribution >= 0.6 is 15.9 Å². The molecule has 0 heterocycles. The van der Waals surface area contributed by atoms with E-state index in [1.54, 1.807) is 18.2 Å². The summed E-state index contributed by atoms with van der Waals surface area (Å²) in [4.78, 5) is 12.0. The Kier molecular flexibility index (Phi) is 4.32.